The smallest absolute Gasteiger partial charge is 0.153 e. The van der Waals surface area contributed by atoms with E-state index in [9.17, 15) is 0 Å². The number of furan rings is 1. The van der Waals surface area contributed by atoms with Crippen molar-refractivity contribution in [1.82, 2.24) is 4.98 Å². The number of hydrogen-bond acceptors (Lipinski definition) is 3. The number of hydrogen-bond donors (Lipinski definition) is 0. The summed E-state index contributed by atoms with van der Waals surface area (Å²) in [6.45, 7) is 0. The Balaban J connectivity index is 1.18. The summed E-state index contributed by atoms with van der Waals surface area (Å²) in [5.74, 6) is 0. The second-order valence-electron chi connectivity index (χ2n) is 11.6. The van der Waals surface area contributed by atoms with E-state index < -0.39 is 0 Å². The lowest BCUT2D eigenvalue weighted by Crippen LogP contribution is -2.09. The van der Waals surface area contributed by atoms with Crippen LogP contribution in [-0.4, -0.2) is 4.98 Å². The molecular formula is C43H28N2O. The first-order valence-corrected chi connectivity index (χ1v) is 15.5. The molecule has 0 bridgehead atoms. The van der Waals surface area contributed by atoms with Crippen LogP contribution in [0.3, 0.4) is 0 Å². The first-order chi connectivity index (χ1) is 22.8. The Morgan fingerprint density at radius 2 is 1.04 bits per heavy atom. The normalized spacial score (nSPS) is 11.5. The molecule has 0 saturated carbocycles. The first-order valence-electron chi connectivity index (χ1n) is 15.5. The zero-order valence-corrected chi connectivity index (χ0v) is 25.0. The van der Waals surface area contributed by atoms with E-state index >= 15 is 0 Å². The van der Waals surface area contributed by atoms with Gasteiger partial charge < -0.3 is 9.32 Å². The third kappa shape index (κ3) is 4.41. The van der Waals surface area contributed by atoms with Crippen molar-refractivity contribution < 1.29 is 4.42 Å². The van der Waals surface area contributed by atoms with Gasteiger partial charge in [0, 0.05) is 34.0 Å². The molecule has 0 N–H and O–H groups in total. The number of rotatable bonds is 5. The maximum Gasteiger partial charge on any atom is 0.153 e. The molecule has 2 aromatic heterocycles. The number of nitrogens with zero attached hydrogens (tertiary/aromatic N) is 2. The van der Waals surface area contributed by atoms with E-state index in [4.69, 9.17) is 4.42 Å². The fourth-order valence-electron chi connectivity index (χ4n) is 6.72. The van der Waals surface area contributed by atoms with Gasteiger partial charge in [-0.25, -0.2) is 0 Å². The summed E-state index contributed by atoms with van der Waals surface area (Å²) in [7, 11) is 0. The Kier molecular flexibility index (Phi) is 6.14. The topological polar surface area (TPSA) is 29.3 Å². The lowest BCUT2D eigenvalue weighted by Gasteiger charge is -2.26. The van der Waals surface area contributed by atoms with Gasteiger partial charge in [-0.3, -0.25) is 4.98 Å². The number of anilines is 3. The third-order valence-corrected chi connectivity index (χ3v) is 8.95. The lowest BCUT2D eigenvalue weighted by molar-refractivity contribution is 0.667. The van der Waals surface area contributed by atoms with Crippen LogP contribution in [0.2, 0.25) is 0 Å². The molecule has 0 aliphatic carbocycles. The van der Waals surface area contributed by atoms with Gasteiger partial charge in [0.25, 0.3) is 0 Å². The molecule has 9 rings (SSSR count). The fraction of sp³-hybridized carbons (Fsp3) is 0. The SMILES string of the molecule is c1ccc(-c2ccc(N(c3ccc(-c4cc5ccccc5c5ccccc45)cc3)c3ccc4oc5cnccc5c4c3)cc2)cc1. The highest BCUT2D eigenvalue weighted by Gasteiger charge is 2.17. The fourth-order valence-corrected chi connectivity index (χ4v) is 6.72. The maximum atomic E-state index is 6.11. The van der Waals surface area contributed by atoms with Crippen molar-refractivity contribution in [2.75, 3.05) is 4.90 Å². The van der Waals surface area contributed by atoms with E-state index in [1.165, 1.54) is 43.8 Å². The predicted octanol–water partition coefficient (Wildman–Crippen LogP) is 12.1. The Bertz CT molecular complexity index is 2510. The molecule has 7 aromatic carbocycles. The molecule has 0 unspecified atom stereocenters. The Hall–Kier alpha value is -6.19. The van der Waals surface area contributed by atoms with Gasteiger partial charge in [-0.1, -0.05) is 103 Å². The molecule has 0 saturated heterocycles. The standard InChI is InChI=1S/C43H28N2O/c1-2-8-29(9-3-1)30-14-18-33(19-15-30)45(35-22-23-42-41(27-35)39-24-25-44-28-43(39)46-42)34-20-16-31(17-21-34)40-26-32-10-4-5-11-36(32)37-12-6-7-13-38(37)40/h1-28H. The highest BCUT2D eigenvalue weighted by atomic mass is 16.3. The van der Waals surface area contributed by atoms with Gasteiger partial charge in [0.05, 0.1) is 6.20 Å². The summed E-state index contributed by atoms with van der Waals surface area (Å²) in [4.78, 5) is 6.57. The van der Waals surface area contributed by atoms with Gasteiger partial charge in [0.2, 0.25) is 0 Å². The minimum atomic E-state index is 0.792. The van der Waals surface area contributed by atoms with Crippen LogP contribution < -0.4 is 4.90 Å². The van der Waals surface area contributed by atoms with Crippen molar-refractivity contribution in [2.45, 2.75) is 0 Å². The molecule has 0 aliphatic rings. The molecule has 0 atom stereocenters. The number of aromatic nitrogens is 1. The second kappa shape index (κ2) is 10.8. The van der Waals surface area contributed by atoms with Crippen LogP contribution in [-0.2, 0) is 0 Å². The van der Waals surface area contributed by atoms with Crippen molar-refractivity contribution in [1.29, 1.82) is 0 Å². The van der Waals surface area contributed by atoms with Crippen molar-refractivity contribution in [2.24, 2.45) is 0 Å². The largest absolute Gasteiger partial charge is 0.454 e. The highest BCUT2D eigenvalue weighted by Crippen LogP contribution is 2.41. The minimum Gasteiger partial charge on any atom is -0.454 e. The van der Waals surface area contributed by atoms with Crippen LogP contribution >= 0.6 is 0 Å². The summed E-state index contributed by atoms with van der Waals surface area (Å²) < 4.78 is 6.11. The zero-order chi connectivity index (χ0) is 30.5. The molecule has 0 amide bonds. The van der Waals surface area contributed by atoms with Crippen molar-refractivity contribution >= 4 is 60.5 Å². The molecular weight excluding hydrogens is 560 g/mol. The molecule has 3 nitrogen and oxygen atoms in total. The lowest BCUT2D eigenvalue weighted by atomic mass is 9.93. The third-order valence-electron chi connectivity index (χ3n) is 8.95. The number of benzene rings is 7. The zero-order valence-electron chi connectivity index (χ0n) is 25.0. The van der Waals surface area contributed by atoms with Crippen LogP contribution in [0.1, 0.15) is 0 Å². The van der Waals surface area contributed by atoms with E-state index in [1.807, 2.05) is 12.3 Å². The summed E-state index contributed by atoms with van der Waals surface area (Å²) in [5.41, 5.74) is 9.67. The monoisotopic (exact) mass is 588 g/mol. The van der Waals surface area contributed by atoms with E-state index in [-0.39, 0.29) is 0 Å². The second-order valence-corrected chi connectivity index (χ2v) is 11.6. The molecule has 0 fully saturated rings. The van der Waals surface area contributed by atoms with Crippen LogP contribution in [0.15, 0.2) is 175 Å². The van der Waals surface area contributed by atoms with E-state index in [0.29, 0.717) is 0 Å². The van der Waals surface area contributed by atoms with E-state index in [1.54, 1.807) is 6.20 Å². The predicted molar refractivity (Wildman–Crippen MR) is 192 cm³/mol. The molecule has 0 aliphatic heterocycles. The highest BCUT2D eigenvalue weighted by molar-refractivity contribution is 6.14. The molecule has 3 heteroatoms. The Morgan fingerprint density at radius 3 is 1.83 bits per heavy atom. The van der Waals surface area contributed by atoms with Gasteiger partial charge in [-0.2, -0.15) is 0 Å². The quantitative estimate of drug-likeness (QED) is 0.187. The average molecular weight is 589 g/mol. The van der Waals surface area contributed by atoms with Gasteiger partial charge >= 0.3 is 0 Å². The van der Waals surface area contributed by atoms with E-state index in [0.717, 1.165) is 39.0 Å². The van der Waals surface area contributed by atoms with Crippen LogP contribution in [0.25, 0.3) is 65.7 Å². The van der Waals surface area contributed by atoms with Crippen molar-refractivity contribution in [3.63, 3.8) is 0 Å². The summed E-state index contributed by atoms with van der Waals surface area (Å²) >= 11 is 0. The number of pyridine rings is 1. The van der Waals surface area contributed by atoms with Crippen LogP contribution in [0, 0.1) is 0 Å². The van der Waals surface area contributed by atoms with Crippen molar-refractivity contribution in [3.05, 3.63) is 170 Å². The van der Waals surface area contributed by atoms with Crippen molar-refractivity contribution in [3.8, 4) is 22.3 Å². The van der Waals surface area contributed by atoms with E-state index in [2.05, 4.69) is 162 Å². The average Bonchev–Trinajstić information content (AvgIpc) is 3.51. The van der Waals surface area contributed by atoms with Gasteiger partial charge in [0.15, 0.2) is 5.58 Å². The number of fused-ring (bicyclic) bond motifs is 6. The molecule has 216 valence electrons. The van der Waals surface area contributed by atoms with Crippen LogP contribution in [0.4, 0.5) is 17.1 Å². The maximum absolute atomic E-state index is 6.11. The van der Waals surface area contributed by atoms with Gasteiger partial charge in [0.1, 0.15) is 5.58 Å². The molecule has 2 heterocycles. The van der Waals surface area contributed by atoms with Gasteiger partial charge in [-0.15, -0.1) is 0 Å². The molecule has 0 radical (unpaired) electrons. The first kappa shape index (κ1) is 26.2. The molecule has 46 heavy (non-hydrogen) atoms. The summed E-state index contributed by atoms with van der Waals surface area (Å²) in [5, 5.41) is 7.19. The summed E-state index contributed by atoms with van der Waals surface area (Å²) in [6, 6.07) is 56.4. The molecule has 9 aromatic rings. The Labute approximate surface area is 266 Å². The minimum absolute atomic E-state index is 0.792. The van der Waals surface area contributed by atoms with Crippen LogP contribution in [0.5, 0.6) is 0 Å². The molecule has 0 spiro atoms. The summed E-state index contributed by atoms with van der Waals surface area (Å²) in [6.07, 6.45) is 3.60. The van der Waals surface area contributed by atoms with Gasteiger partial charge in [-0.05, 0) is 98.4 Å². The Morgan fingerprint density at radius 1 is 0.413 bits per heavy atom.